The Morgan fingerprint density at radius 2 is 2.00 bits per heavy atom. The van der Waals surface area contributed by atoms with Crippen LogP contribution in [0, 0.1) is 24.2 Å². The smallest absolute Gasteiger partial charge is 0.0543 e. The van der Waals surface area contributed by atoms with E-state index in [4.69, 9.17) is 0 Å². The zero-order chi connectivity index (χ0) is 16.2. The van der Waals surface area contributed by atoms with Gasteiger partial charge in [0, 0.05) is 0 Å². The molecule has 0 amide bonds. The molecule has 0 aliphatic heterocycles. The lowest BCUT2D eigenvalue weighted by Crippen LogP contribution is -2.48. The first-order chi connectivity index (χ1) is 11.0. The largest absolute Gasteiger partial charge is 0.393 e. The summed E-state index contributed by atoms with van der Waals surface area (Å²) in [6.45, 7) is 7.15. The van der Waals surface area contributed by atoms with Crippen molar-refractivity contribution in [3.05, 3.63) is 34.4 Å². The predicted molar refractivity (Wildman–Crippen MR) is 95.8 cm³/mol. The summed E-state index contributed by atoms with van der Waals surface area (Å²) in [5.74, 6) is 2.37. The Labute approximate surface area is 141 Å². The van der Waals surface area contributed by atoms with E-state index >= 15 is 0 Å². The average Bonchev–Trinajstić information content (AvgIpc) is 2.55. The lowest BCUT2D eigenvalue weighted by atomic mass is 9.49. The maximum atomic E-state index is 10.1. The zero-order valence-electron chi connectivity index (χ0n) is 15.1. The number of fused-ring (bicyclic) bond motifs is 5. The fourth-order valence-corrected chi connectivity index (χ4v) is 6.54. The van der Waals surface area contributed by atoms with Crippen molar-refractivity contribution in [3.63, 3.8) is 0 Å². The van der Waals surface area contributed by atoms with Crippen molar-refractivity contribution in [2.45, 2.75) is 84.2 Å². The highest BCUT2D eigenvalue weighted by Crippen LogP contribution is 2.61. The molecule has 3 aliphatic carbocycles. The Morgan fingerprint density at radius 1 is 1.17 bits per heavy atom. The van der Waals surface area contributed by atoms with Gasteiger partial charge < -0.3 is 5.11 Å². The molecule has 1 nitrogen and oxygen atoms in total. The number of hydrogen-bond acceptors (Lipinski definition) is 1. The van der Waals surface area contributed by atoms with Gasteiger partial charge in [0.05, 0.1) is 6.10 Å². The van der Waals surface area contributed by atoms with Crippen LogP contribution < -0.4 is 0 Å². The van der Waals surface area contributed by atoms with Gasteiger partial charge in [-0.2, -0.15) is 0 Å². The molecule has 2 fully saturated rings. The third-order valence-corrected chi connectivity index (χ3v) is 7.82. The van der Waals surface area contributed by atoms with E-state index in [0.29, 0.717) is 5.41 Å². The van der Waals surface area contributed by atoms with Crippen molar-refractivity contribution < 1.29 is 5.11 Å². The number of rotatable bonds is 1. The summed E-state index contributed by atoms with van der Waals surface area (Å²) in [4.78, 5) is 0. The van der Waals surface area contributed by atoms with E-state index in [2.05, 4.69) is 32.9 Å². The van der Waals surface area contributed by atoms with Gasteiger partial charge in [0.2, 0.25) is 0 Å². The molecule has 4 rings (SSSR count). The molecule has 1 aromatic carbocycles. The normalized spacial score (nSPS) is 39.3. The molecule has 0 saturated heterocycles. The standard InChI is InChI=1S/C22H32O/c1-4-17-14(2)5-7-19-18(17)9-10-21-20(19)8-6-15-13-16(23)11-12-22(15,21)3/h5,7,15-16,20-21,23H,4,6,8-13H2,1-3H3/t15-,16-,20-,21-,22-/m0/s1. The summed E-state index contributed by atoms with van der Waals surface area (Å²) in [5.41, 5.74) is 6.98. The first kappa shape index (κ1) is 15.7. The Hall–Kier alpha value is -0.820. The highest BCUT2D eigenvalue weighted by atomic mass is 16.3. The third-order valence-electron chi connectivity index (χ3n) is 7.82. The van der Waals surface area contributed by atoms with E-state index in [1.165, 1.54) is 44.1 Å². The third kappa shape index (κ3) is 2.30. The minimum absolute atomic E-state index is 0.0326. The van der Waals surface area contributed by atoms with Gasteiger partial charge in [-0.15, -0.1) is 0 Å². The molecule has 0 aromatic heterocycles. The van der Waals surface area contributed by atoms with Crippen LogP contribution in [0.25, 0.3) is 0 Å². The molecule has 23 heavy (non-hydrogen) atoms. The van der Waals surface area contributed by atoms with Crippen LogP contribution in [0.2, 0.25) is 0 Å². The molecule has 0 spiro atoms. The van der Waals surface area contributed by atoms with Crippen molar-refractivity contribution >= 4 is 0 Å². The molecule has 1 N–H and O–H groups in total. The summed E-state index contributed by atoms with van der Waals surface area (Å²) in [5, 5.41) is 10.1. The number of aliphatic hydroxyl groups is 1. The van der Waals surface area contributed by atoms with Crippen molar-refractivity contribution in [3.8, 4) is 0 Å². The van der Waals surface area contributed by atoms with Crippen LogP contribution in [0.15, 0.2) is 12.1 Å². The molecule has 1 aromatic rings. The van der Waals surface area contributed by atoms with Gasteiger partial charge in [-0.3, -0.25) is 0 Å². The Morgan fingerprint density at radius 3 is 2.78 bits per heavy atom. The summed E-state index contributed by atoms with van der Waals surface area (Å²) < 4.78 is 0. The molecule has 0 bridgehead atoms. The summed E-state index contributed by atoms with van der Waals surface area (Å²) in [7, 11) is 0. The van der Waals surface area contributed by atoms with Crippen LogP contribution in [0.3, 0.4) is 0 Å². The predicted octanol–water partition coefficient (Wildman–Crippen LogP) is 5.16. The van der Waals surface area contributed by atoms with E-state index in [1.807, 2.05) is 0 Å². The van der Waals surface area contributed by atoms with E-state index in [-0.39, 0.29) is 6.10 Å². The average molecular weight is 312 g/mol. The van der Waals surface area contributed by atoms with Crippen molar-refractivity contribution in [1.29, 1.82) is 0 Å². The van der Waals surface area contributed by atoms with Gasteiger partial charge in [-0.25, -0.2) is 0 Å². The van der Waals surface area contributed by atoms with Gasteiger partial charge in [-0.1, -0.05) is 26.0 Å². The molecule has 0 heterocycles. The number of aliphatic hydroxyl groups excluding tert-OH is 1. The van der Waals surface area contributed by atoms with Crippen LogP contribution in [-0.4, -0.2) is 11.2 Å². The summed E-state index contributed by atoms with van der Waals surface area (Å²) >= 11 is 0. The second-order valence-corrected chi connectivity index (χ2v) is 8.74. The van der Waals surface area contributed by atoms with Crippen molar-refractivity contribution in [2.24, 2.45) is 17.3 Å². The van der Waals surface area contributed by atoms with Crippen molar-refractivity contribution in [2.75, 3.05) is 0 Å². The van der Waals surface area contributed by atoms with Gasteiger partial charge in [-0.05, 0) is 104 Å². The lowest BCUT2D eigenvalue weighted by Gasteiger charge is -2.56. The van der Waals surface area contributed by atoms with Crippen LogP contribution in [-0.2, 0) is 12.8 Å². The Balaban J connectivity index is 1.72. The second-order valence-electron chi connectivity index (χ2n) is 8.74. The molecular weight excluding hydrogens is 280 g/mol. The SMILES string of the molecule is CCc1c(C)ccc2c1CC[C@H]1[C@H]2CC[C@H]2C[C@@H](O)CC[C@@]21C. The minimum Gasteiger partial charge on any atom is -0.393 e. The lowest BCUT2D eigenvalue weighted by molar-refractivity contribution is -0.0606. The molecule has 126 valence electrons. The van der Waals surface area contributed by atoms with E-state index < -0.39 is 0 Å². The molecule has 5 atom stereocenters. The molecule has 1 heteroatoms. The molecule has 0 unspecified atom stereocenters. The Bertz CT molecular complexity index is 604. The van der Waals surface area contributed by atoms with Gasteiger partial charge >= 0.3 is 0 Å². The van der Waals surface area contributed by atoms with Crippen LogP contribution in [0.1, 0.15) is 80.5 Å². The highest BCUT2D eigenvalue weighted by Gasteiger charge is 2.51. The highest BCUT2D eigenvalue weighted by molar-refractivity contribution is 5.45. The number of hydrogen-bond donors (Lipinski definition) is 1. The molecule has 0 radical (unpaired) electrons. The first-order valence-corrected chi connectivity index (χ1v) is 9.84. The Kier molecular flexibility index (Phi) is 3.83. The van der Waals surface area contributed by atoms with Crippen molar-refractivity contribution in [1.82, 2.24) is 0 Å². The van der Waals surface area contributed by atoms with E-state index in [0.717, 1.165) is 30.6 Å². The molecule has 2 saturated carbocycles. The van der Waals surface area contributed by atoms with Gasteiger partial charge in [0.25, 0.3) is 0 Å². The monoisotopic (exact) mass is 312 g/mol. The summed E-state index contributed by atoms with van der Waals surface area (Å²) in [6, 6.07) is 4.83. The minimum atomic E-state index is -0.0326. The van der Waals surface area contributed by atoms with Gasteiger partial charge in [0.1, 0.15) is 0 Å². The second kappa shape index (κ2) is 5.62. The van der Waals surface area contributed by atoms with Crippen LogP contribution in [0.4, 0.5) is 0 Å². The fourth-order valence-electron chi connectivity index (χ4n) is 6.54. The van der Waals surface area contributed by atoms with Crippen LogP contribution in [0.5, 0.6) is 0 Å². The fraction of sp³-hybridized carbons (Fsp3) is 0.727. The quantitative estimate of drug-likeness (QED) is 0.759. The molecule has 3 aliphatic rings. The zero-order valence-corrected chi connectivity index (χ0v) is 15.1. The number of aryl methyl sites for hydroxylation is 1. The summed E-state index contributed by atoms with van der Waals surface area (Å²) in [6.07, 6.45) is 9.79. The maximum Gasteiger partial charge on any atom is 0.0543 e. The first-order valence-electron chi connectivity index (χ1n) is 9.84. The van der Waals surface area contributed by atoms with E-state index in [9.17, 15) is 5.11 Å². The van der Waals surface area contributed by atoms with Crippen LogP contribution >= 0.6 is 0 Å². The van der Waals surface area contributed by atoms with Gasteiger partial charge in [0.15, 0.2) is 0 Å². The van der Waals surface area contributed by atoms with E-state index in [1.54, 1.807) is 16.7 Å². The topological polar surface area (TPSA) is 20.2 Å². The number of benzene rings is 1. The molecular formula is C22H32O. The maximum absolute atomic E-state index is 10.1.